The summed E-state index contributed by atoms with van der Waals surface area (Å²) in [4.78, 5) is 14.3. The molecule has 0 aliphatic heterocycles. The van der Waals surface area contributed by atoms with E-state index in [1.165, 1.54) is 32.1 Å². The molecule has 0 saturated heterocycles. The Morgan fingerprint density at radius 2 is 1.65 bits per heavy atom. The number of carbonyl (C=O) groups is 1. The summed E-state index contributed by atoms with van der Waals surface area (Å²) in [5.41, 5.74) is 0.933. The van der Waals surface area contributed by atoms with Crippen LogP contribution in [0.3, 0.4) is 0 Å². The largest absolute Gasteiger partial charge is 0.490 e. The number of aliphatic hydroxyl groups is 1. The van der Waals surface area contributed by atoms with Crippen molar-refractivity contribution in [1.82, 2.24) is 0 Å². The van der Waals surface area contributed by atoms with Crippen LogP contribution in [0.4, 0.5) is 5.69 Å². The predicted molar refractivity (Wildman–Crippen MR) is 105 cm³/mol. The normalized spacial score (nSPS) is 24.2. The third-order valence-corrected chi connectivity index (χ3v) is 6.14. The number of ether oxygens (including phenoxy) is 1. The Labute approximate surface area is 157 Å². The van der Waals surface area contributed by atoms with Crippen LogP contribution in [0.2, 0.25) is 0 Å². The van der Waals surface area contributed by atoms with Gasteiger partial charge in [-0.3, -0.25) is 4.79 Å². The second-order valence-electron chi connectivity index (χ2n) is 8.10. The summed E-state index contributed by atoms with van der Waals surface area (Å²) in [5, 5.41) is 9.22. The first-order chi connectivity index (χ1) is 12.7. The Balaban J connectivity index is 1.49. The fourth-order valence-corrected chi connectivity index (χ4v) is 4.29. The maximum absolute atomic E-state index is 12.5. The zero-order valence-corrected chi connectivity index (χ0v) is 16.0. The summed E-state index contributed by atoms with van der Waals surface area (Å²) in [5.74, 6) is 2.10. The summed E-state index contributed by atoms with van der Waals surface area (Å²) < 4.78 is 6.08. The molecule has 26 heavy (non-hydrogen) atoms. The third-order valence-electron chi connectivity index (χ3n) is 6.14. The molecule has 2 fully saturated rings. The number of rotatable bonds is 6. The lowest BCUT2D eigenvalue weighted by Crippen LogP contribution is -2.28. The summed E-state index contributed by atoms with van der Waals surface area (Å²) in [7, 11) is 1.87. The van der Waals surface area contributed by atoms with Gasteiger partial charge in [0.25, 0.3) is 0 Å². The molecular formula is C22H33NO3. The molecule has 2 aliphatic rings. The van der Waals surface area contributed by atoms with Gasteiger partial charge in [-0.2, -0.15) is 0 Å². The summed E-state index contributed by atoms with van der Waals surface area (Å²) >= 11 is 0. The van der Waals surface area contributed by atoms with Crippen molar-refractivity contribution in [3.63, 3.8) is 0 Å². The van der Waals surface area contributed by atoms with Crippen LogP contribution in [0, 0.1) is 11.8 Å². The number of aliphatic hydroxyl groups excluding tert-OH is 1. The molecule has 1 N–H and O–H groups in total. The molecule has 1 aromatic rings. The first-order valence-electron chi connectivity index (χ1n) is 10.3. The van der Waals surface area contributed by atoms with Gasteiger partial charge in [0, 0.05) is 25.8 Å². The van der Waals surface area contributed by atoms with Crippen molar-refractivity contribution in [3.8, 4) is 5.75 Å². The molecule has 1 aromatic carbocycles. The molecule has 2 aliphatic carbocycles. The molecule has 144 valence electrons. The number of anilines is 1. The topological polar surface area (TPSA) is 49.8 Å². The van der Waals surface area contributed by atoms with Gasteiger partial charge in [-0.1, -0.05) is 19.3 Å². The van der Waals surface area contributed by atoms with Crippen molar-refractivity contribution in [3.05, 3.63) is 24.3 Å². The lowest BCUT2D eigenvalue weighted by atomic mass is 9.86. The van der Waals surface area contributed by atoms with E-state index in [2.05, 4.69) is 0 Å². The number of nitrogens with zero attached hydrogens (tertiary/aromatic N) is 1. The minimum absolute atomic E-state index is 0.216. The fraction of sp³-hybridized carbons (Fsp3) is 0.682. The van der Waals surface area contributed by atoms with Crippen LogP contribution in [0.1, 0.15) is 64.2 Å². The zero-order chi connectivity index (χ0) is 18.4. The lowest BCUT2D eigenvalue weighted by Gasteiger charge is -2.28. The molecular weight excluding hydrogens is 326 g/mol. The standard InChI is InChI=1S/C22H33NO3/c1-23(22(25)15-17-5-3-2-4-6-17)19-9-13-21(14-10-19)26-20-11-7-18(16-24)8-12-20/h9-10,13-14,17-18,20,24H,2-8,11-12,15-16H2,1H3. The van der Waals surface area contributed by atoms with Crippen molar-refractivity contribution in [2.45, 2.75) is 70.3 Å². The molecule has 3 rings (SSSR count). The van der Waals surface area contributed by atoms with Crippen LogP contribution in [0.15, 0.2) is 24.3 Å². The summed E-state index contributed by atoms with van der Waals surface area (Å²) in [6.07, 6.45) is 11.3. The molecule has 4 nitrogen and oxygen atoms in total. The van der Waals surface area contributed by atoms with Crippen molar-refractivity contribution in [2.75, 3.05) is 18.6 Å². The molecule has 0 aromatic heterocycles. The highest BCUT2D eigenvalue weighted by Gasteiger charge is 2.22. The first-order valence-corrected chi connectivity index (χ1v) is 10.3. The van der Waals surface area contributed by atoms with Gasteiger partial charge in [0.15, 0.2) is 0 Å². The number of amides is 1. The van der Waals surface area contributed by atoms with Crippen molar-refractivity contribution in [1.29, 1.82) is 0 Å². The Bertz CT molecular complexity index is 557. The van der Waals surface area contributed by atoms with Crippen LogP contribution in [0.5, 0.6) is 5.75 Å². The van der Waals surface area contributed by atoms with E-state index in [0.717, 1.165) is 37.1 Å². The second kappa shape index (κ2) is 9.40. The van der Waals surface area contributed by atoms with Gasteiger partial charge in [-0.15, -0.1) is 0 Å². The highest BCUT2D eigenvalue weighted by Crippen LogP contribution is 2.30. The minimum atomic E-state index is 0.216. The number of carbonyl (C=O) groups excluding carboxylic acids is 1. The van der Waals surface area contributed by atoms with E-state index in [1.54, 1.807) is 4.90 Å². The molecule has 0 heterocycles. The third kappa shape index (κ3) is 5.23. The molecule has 0 spiro atoms. The van der Waals surface area contributed by atoms with Gasteiger partial charge in [-0.25, -0.2) is 0 Å². The highest BCUT2D eigenvalue weighted by molar-refractivity contribution is 5.92. The van der Waals surface area contributed by atoms with E-state index >= 15 is 0 Å². The quantitative estimate of drug-likeness (QED) is 0.811. The first kappa shape index (κ1) is 19.2. The van der Waals surface area contributed by atoms with E-state index in [1.807, 2.05) is 31.3 Å². The molecule has 0 radical (unpaired) electrons. The Morgan fingerprint density at radius 3 is 2.27 bits per heavy atom. The molecule has 1 amide bonds. The molecule has 2 saturated carbocycles. The van der Waals surface area contributed by atoms with E-state index < -0.39 is 0 Å². The van der Waals surface area contributed by atoms with Crippen LogP contribution < -0.4 is 9.64 Å². The van der Waals surface area contributed by atoms with Gasteiger partial charge < -0.3 is 14.7 Å². The Morgan fingerprint density at radius 1 is 1.00 bits per heavy atom. The van der Waals surface area contributed by atoms with E-state index in [-0.39, 0.29) is 12.0 Å². The van der Waals surface area contributed by atoms with Crippen molar-refractivity contribution >= 4 is 11.6 Å². The number of benzene rings is 1. The number of hydrogen-bond acceptors (Lipinski definition) is 3. The van der Waals surface area contributed by atoms with E-state index in [9.17, 15) is 9.90 Å². The molecule has 4 heteroatoms. The maximum atomic E-state index is 12.5. The summed E-state index contributed by atoms with van der Waals surface area (Å²) in [6, 6.07) is 7.90. The molecule has 0 atom stereocenters. The summed E-state index contributed by atoms with van der Waals surface area (Å²) in [6.45, 7) is 0.294. The number of hydrogen-bond donors (Lipinski definition) is 1. The Hall–Kier alpha value is -1.55. The van der Waals surface area contributed by atoms with Crippen LogP contribution in [0.25, 0.3) is 0 Å². The zero-order valence-electron chi connectivity index (χ0n) is 16.0. The monoisotopic (exact) mass is 359 g/mol. The predicted octanol–water partition coefficient (Wildman–Crippen LogP) is 4.55. The second-order valence-corrected chi connectivity index (χ2v) is 8.10. The van der Waals surface area contributed by atoms with Crippen molar-refractivity contribution < 1.29 is 14.6 Å². The Kier molecular flexibility index (Phi) is 6.95. The molecule has 0 bridgehead atoms. The van der Waals surface area contributed by atoms with Gasteiger partial charge in [0.1, 0.15) is 5.75 Å². The van der Waals surface area contributed by atoms with Gasteiger partial charge in [0.2, 0.25) is 5.91 Å². The van der Waals surface area contributed by atoms with E-state index in [0.29, 0.717) is 24.9 Å². The SMILES string of the molecule is CN(C(=O)CC1CCCCC1)c1ccc(OC2CCC(CO)CC2)cc1. The van der Waals surface area contributed by atoms with Crippen LogP contribution in [-0.2, 0) is 4.79 Å². The minimum Gasteiger partial charge on any atom is -0.490 e. The fourth-order valence-electron chi connectivity index (χ4n) is 4.29. The highest BCUT2D eigenvalue weighted by atomic mass is 16.5. The van der Waals surface area contributed by atoms with Gasteiger partial charge in [-0.05, 0) is 74.6 Å². The smallest absolute Gasteiger partial charge is 0.226 e. The maximum Gasteiger partial charge on any atom is 0.226 e. The average Bonchev–Trinajstić information content (AvgIpc) is 2.69. The molecule has 0 unspecified atom stereocenters. The van der Waals surface area contributed by atoms with Crippen LogP contribution in [-0.4, -0.2) is 30.8 Å². The van der Waals surface area contributed by atoms with E-state index in [4.69, 9.17) is 4.74 Å². The lowest BCUT2D eigenvalue weighted by molar-refractivity contribution is -0.119. The average molecular weight is 360 g/mol. The van der Waals surface area contributed by atoms with Crippen molar-refractivity contribution in [2.24, 2.45) is 11.8 Å². The van der Waals surface area contributed by atoms with Crippen LogP contribution >= 0.6 is 0 Å². The van der Waals surface area contributed by atoms with Gasteiger partial charge >= 0.3 is 0 Å². The van der Waals surface area contributed by atoms with Gasteiger partial charge in [0.05, 0.1) is 6.10 Å².